The Morgan fingerprint density at radius 1 is 0.536 bits per heavy atom. The van der Waals surface area contributed by atoms with Gasteiger partial charge in [-0.1, -0.05) is 39.0 Å². The average molecular weight is 359 g/mol. The lowest BCUT2D eigenvalue weighted by atomic mass is 10.1. The van der Waals surface area contributed by atoms with Gasteiger partial charge >= 0.3 is 0 Å². The molecule has 0 aliphatic heterocycles. The number of nitrogens with zero attached hydrogens (tertiary/aromatic N) is 1. The van der Waals surface area contributed by atoms with Crippen molar-refractivity contribution in [2.75, 3.05) is 13.6 Å². The highest BCUT2D eigenvalue weighted by molar-refractivity contribution is 5.46. The van der Waals surface area contributed by atoms with E-state index in [9.17, 15) is 0 Å². The van der Waals surface area contributed by atoms with Crippen LogP contribution in [0.3, 0.4) is 0 Å². The summed E-state index contributed by atoms with van der Waals surface area (Å²) in [4.78, 5) is 1.96. The van der Waals surface area contributed by atoms with Gasteiger partial charge in [0.2, 0.25) is 0 Å². The van der Waals surface area contributed by atoms with Crippen molar-refractivity contribution in [3.8, 4) is 107 Å². The molecule has 0 heterocycles. The summed E-state index contributed by atoms with van der Waals surface area (Å²) in [6.07, 6.45) is 12.6. The molecule has 1 heteroatoms. The summed E-state index contributed by atoms with van der Waals surface area (Å²) in [7, 11) is 1.97. The predicted molar refractivity (Wildman–Crippen MR) is 117 cm³/mol. The molecule has 0 N–H and O–H groups in total. The van der Waals surface area contributed by atoms with Crippen LogP contribution in [-0.4, -0.2) is 18.5 Å². The number of rotatable bonds is 7. The first-order chi connectivity index (χ1) is 13.8. The molecule has 0 saturated carbocycles. The van der Waals surface area contributed by atoms with Gasteiger partial charge in [-0.15, -0.1) is 6.42 Å². The standard InChI is InChI=1S/C27H21N/c1-4-6-8-10-12-13-14-15-16-17-18-19-20-21-23-25-27-28(3)26-24-22-11-9-7-5-2/h1H,5,7,9,11,22,24,26H2,2-3H3. The largest absolute Gasteiger partial charge is 0.335 e. The van der Waals surface area contributed by atoms with Crippen LogP contribution < -0.4 is 0 Å². The first-order valence-corrected chi connectivity index (χ1v) is 8.98. The molecule has 0 aliphatic carbocycles. The van der Waals surface area contributed by atoms with Crippen LogP contribution >= 0.6 is 0 Å². The van der Waals surface area contributed by atoms with E-state index in [0.29, 0.717) is 0 Å². The molecule has 0 fully saturated rings. The van der Waals surface area contributed by atoms with E-state index in [4.69, 9.17) is 6.42 Å². The van der Waals surface area contributed by atoms with Crippen molar-refractivity contribution in [2.45, 2.75) is 45.4 Å². The van der Waals surface area contributed by atoms with Crippen molar-refractivity contribution >= 4 is 0 Å². The van der Waals surface area contributed by atoms with Gasteiger partial charge in [0, 0.05) is 67.0 Å². The zero-order chi connectivity index (χ0) is 20.5. The number of hydrogen-bond acceptors (Lipinski definition) is 1. The molecule has 0 amide bonds. The third kappa shape index (κ3) is 19.9. The van der Waals surface area contributed by atoms with Crippen LogP contribution in [0.4, 0.5) is 0 Å². The van der Waals surface area contributed by atoms with Gasteiger partial charge in [-0.05, 0) is 53.8 Å². The normalized spacial score (nSPS) is 6.32. The highest BCUT2D eigenvalue weighted by Gasteiger charge is 1.92. The SMILES string of the molecule is C#CC#CC#CC#CC#CC#CC#CC#CC#CN(C)CCCCCCCC. The first kappa shape index (κ1) is 23.8. The molecule has 0 spiro atoms. The Morgan fingerprint density at radius 2 is 0.929 bits per heavy atom. The average Bonchev–Trinajstić information content (AvgIpc) is 2.70. The summed E-state index contributed by atoms with van der Waals surface area (Å²) >= 11 is 0. The molecule has 0 aromatic rings. The summed E-state index contributed by atoms with van der Waals surface area (Å²) in [5, 5.41) is 0. The van der Waals surface area contributed by atoms with Gasteiger partial charge in [-0.25, -0.2) is 0 Å². The fourth-order valence-electron chi connectivity index (χ4n) is 1.75. The molecule has 28 heavy (non-hydrogen) atoms. The van der Waals surface area contributed by atoms with Crippen LogP contribution in [0.2, 0.25) is 0 Å². The molecular formula is C27H21N. The van der Waals surface area contributed by atoms with Crippen molar-refractivity contribution in [3.63, 3.8) is 0 Å². The molecule has 1 nitrogen and oxygen atoms in total. The third-order valence-electron chi connectivity index (χ3n) is 3.04. The van der Waals surface area contributed by atoms with E-state index in [1.54, 1.807) is 0 Å². The Labute approximate surface area is 171 Å². The Bertz CT molecular complexity index is 1020. The van der Waals surface area contributed by atoms with E-state index in [0.717, 1.165) is 13.0 Å². The fraction of sp³-hybridized carbons (Fsp3) is 0.333. The molecule has 0 aliphatic rings. The smallest absolute Gasteiger partial charge is 0.0257 e. The zero-order valence-electron chi connectivity index (χ0n) is 16.5. The molecule has 134 valence electrons. The molecule has 0 aromatic heterocycles. The van der Waals surface area contributed by atoms with Crippen LogP contribution in [0, 0.1) is 107 Å². The quantitative estimate of drug-likeness (QED) is 0.384. The van der Waals surface area contributed by atoms with Crippen LogP contribution in [0.15, 0.2) is 0 Å². The molecule has 0 radical (unpaired) electrons. The van der Waals surface area contributed by atoms with Crippen molar-refractivity contribution in [1.29, 1.82) is 0 Å². The molecule has 0 bridgehead atoms. The maximum atomic E-state index is 4.93. The lowest BCUT2D eigenvalue weighted by molar-refractivity contribution is 0.450. The van der Waals surface area contributed by atoms with E-state index in [-0.39, 0.29) is 0 Å². The number of terminal acetylenes is 1. The predicted octanol–water partition coefficient (Wildman–Crippen LogP) is 2.90. The van der Waals surface area contributed by atoms with Crippen molar-refractivity contribution in [3.05, 3.63) is 0 Å². The van der Waals surface area contributed by atoms with Crippen LogP contribution in [0.5, 0.6) is 0 Å². The Kier molecular flexibility index (Phi) is 17.8. The second-order valence-electron chi connectivity index (χ2n) is 5.32. The molecular weight excluding hydrogens is 338 g/mol. The van der Waals surface area contributed by atoms with E-state index in [2.05, 4.69) is 108 Å². The second-order valence-corrected chi connectivity index (χ2v) is 5.32. The summed E-state index contributed by atoms with van der Waals surface area (Å²) in [6.45, 7) is 3.19. The molecule has 0 rings (SSSR count). The summed E-state index contributed by atoms with van der Waals surface area (Å²) in [5.41, 5.74) is 0. The maximum absolute atomic E-state index is 4.93. The van der Waals surface area contributed by atoms with Crippen molar-refractivity contribution in [1.82, 2.24) is 4.90 Å². The summed E-state index contributed by atoms with van der Waals surface area (Å²) < 4.78 is 0. The summed E-state index contributed by atoms with van der Waals surface area (Å²) in [6, 6.07) is 2.97. The Hall–Kier alpha value is -4.16. The monoisotopic (exact) mass is 359 g/mol. The van der Waals surface area contributed by atoms with E-state index >= 15 is 0 Å². The van der Waals surface area contributed by atoms with E-state index in [1.165, 1.54) is 32.1 Å². The van der Waals surface area contributed by atoms with Gasteiger partial charge in [0.1, 0.15) is 0 Å². The minimum Gasteiger partial charge on any atom is -0.335 e. The summed E-state index contributed by atoms with van der Waals surface area (Å²) in [5.74, 6) is 40.3. The van der Waals surface area contributed by atoms with Crippen molar-refractivity contribution < 1.29 is 0 Å². The van der Waals surface area contributed by atoms with Gasteiger partial charge in [0.15, 0.2) is 0 Å². The topological polar surface area (TPSA) is 3.24 Å². The molecule has 0 atom stereocenters. The lowest BCUT2D eigenvalue weighted by Gasteiger charge is -2.09. The zero-order valence-corrected chi connectivity index (χ0v) is 16.5. The van der Waals surface area contributed by atoms with Gasteiger partial charge in [-0.2, -0.15) is 0 Å². The Morgan fingerprint density at radius 3 is 1.39 bits per heavy atom. The molecule has 0 aromatic carbocycles. The van der Waals surface area contributed by atoms with Gasteiger partial charge < -0.3 is 4.90 Å². The highest BCUT2D eigenvalue weighted by atomic mass is 15.1. The number of unbranched alkanes of at least 4 members (excludes halogenated alkanes) is 5. The van der Waals surface area contributed by atoms with Crippen LogP contribution in [0.25, 0.3) is 0 Å². The van der Waals surface area contributed by atoms with Crippen LogP contribution in [0.1, 0.15) is 45.4 Å². The molecule has 0 saturated heterocycles. The van der Waals surface area contributed by atoms with E-state index < -0.39 is 0 Å². The fourth-order valence-corrected chi connectivity index (χ4v) is 1.75. The minimum atomic E-state index is 0.962. The Balaban J connectivity index is 4.14. The lowest BCUT2D eigenvalue weighted by Crippen LogP contribution is -2.12. The van der Waals surface area contributed by atoms with Gasteiger partial charge in [-0.3, -0.25) is 0 Å². The first-order valence-electron chi connectivity index (χ1n) is 8.98. The van der Waals surface area contributed by atoms with E-state index in [1.807, 2.05) is 11.9 Å². The molecule has 0 unspecified atom stereocenters. The van der Waals surface area contributed by atoms with Crippen LogP contribution in [-0.2, 0) is 0 Å². The van der Waals surface area contributed by atoms with Crippen molar-refractivity contribution in [2.24, 2.45) is 0 Å². The number of hydrogen-bond donors (Lipinski definition) is 0. The maximum Gasteiger partial charge on any atom is 0.0257 e. The van der Waals surface area contributed by atoms with Gasteiger partial charge in [0.05, 0.1) is 0 Å². The second kappa shape index (κ2) is 20.9. The third-order valence-corrected chi connectivity index (χ3v) is 3.04. The highest BCUT2D eigenvalue weighted by Crippen LogP contribution is 2.04. The minimum absolute atomic E-state index is 0.962. The van der Waals surface area contributed by atoms with Gasteiger partial charge in [0.25, 0.3) is 0 Å².